The molecule has 176 valence electrons. The van der Waals surface area contributed by atoms with Crippen molar-refractivity contribution >= 4 is 52.4 Å². The molecule has 1 amide bonds. The molecule has 3 aromatic rings. The Hall–Kier alpha value is -2.93. The van der Waals surface area contributed by atoms with Crippen molar-refractivity contribution in [1.29, 1.82) is 0 Å². The van der Waals surface area contributed by atoms with Crippen LogP contribution in [0, 0.1) is 0 Å². The minimum atomic E-state index is -0.812. The van der Waals surface area contributed by atoms with Gasteiger partial charge in [-0.2, -0.15) is 0 Å². The van der Waals surface area contributed by atoms with E-state index in [1.807, 2.05) is 6.07 Å². The Bertz CT molecular complexity index is 1290. The van der Waals surface area contributed by atoms with Crippen LogP contribution in [0.1, 0.15) is 33.0 Å². The van der Waals surface area contributed by atoms with Crippen LogP contribution in [0.5, 0.6) is 11.5 Å². The third kappa shape index (κ3) is 4.29. The molecule has 0 fully saturated rings. The lowest BCUT2D eigenvalue weighted by molar-refractivity contribution is -0.118. The van der Waals surface area contributed by atoms with E-state index < -0.39 is 11.9 Å². The van der Waals surface area contributed by atoms with Crippen molar-refractivity contribution in [2.24, 2.45) is 0 Å². The number of rotatable bonds is 6. The monoisotopic (exact) mass is 519 g/mol. The summed E-state index contributed by atoms with van der Waals surface area (Å²) in [6.07, 6.45) is 0. The van der Waals surface area contributed by atoms with Crippen LogP contribution in [0.4, 0.5) is 5.69 Å². The second-order valence-electron chi connectivity index (χ2n) is 7.59. The van der Waals surface area contributed by atoms with Gasteiger partial charge in [-0.15, -0.1) is 0 Å². The number of nitrogens with zero attached hydrogens (tertiary/aromatic N) is 1. The Balaban J connectivity index is 1.85. The molecular weight excluding hydrogens is 501 g/mol. The van der Waals surface area contributed by atoms with Gasteiger partial charge in [-0.1, -0.05) is 34.8 Å². The smallest absolute Gasteiger partial charge is 0.337 e. The second-order valence-corrected chi connectivity index (χ2v) is 8.84. The summed E-state index contributed by atoms with van der Waals surface area (Å²) in [5.41, 5.74) is 2.61. The van der Waals surface area contributed by atoms with E-state index in [0.29, 0.717) is 43.4 Å². The zero-order valence-corrected chi connectivity index (χ0v) is 20.8. The zero-order chi connectivity index (χ0) is 24.6. The highest BCUT2D eigenvalue weighted by molar-refractivity contribution is 6.38. The molecule has 0 bridgehead atoms. The van der Waals surface area contributed by atoms with E-state index in [1.54, 1.807) is 61.6 Å². The van der Waals surface area contributed by atoms with Gasteiger partial charge in [-0.05, 0) is 53.6 Å². The van der Waals surface area contributed by atoms with Gasteiger partial charge in [-0.25, -0.2) is 4.79 Å². The molecule has 0 aliphatic carbocycles. The van der Waals surface area contributed by atoms with Crippen LogP contribution < -0.4 is 14.4 Å². The number of ether oxygens (including phenoxy) is 3. The van der Waals surface area contributed by atoms with Crippen molar-refractivity contribution in [3.63, 3.8) is 0 Å². The standard InChI is InChI=1S/C25H20Cl3NO5/c1-32-16-6-4-14(21(11-16)33-2)12-29-23-18(9-15(26)10-20(23)28)22(24(29)30)17-8-13(25(31)34-3)5-7-19(17)27/h4-11,22H,12H2,1-3H3. The van der Waals surface area contributed by atoms with Gasteiger partial charge < -0.3 is 19.1 Å². The van der Waals surface area contributed by atoms with Crippen molar-refractivity contribution in [2.75, 3.05) is 26.2 Å². The molecule has 1 heterocycles. The number of hydrogen-bond donors (Lipinski definition) is 0. The van der Waals surface area contributed by atoms with Crippen molar-refractivity contribution < 1.29 is 23.8 Å². The highest BCUT2D eigenvalue weighted by Crippen LogP contribution is 2.49. The fourth-order valence-electron chi connectivity index (χ4n) is 4.11. The number of halogens is 3. The van der Waals surface area contributed by atoms with Gasteiger partial charge in [0.05, 0.1) is 50.1 Å². The maximum atomic E-state index is 13.8. The number of benzene rings is 3. The van der Waals surface area contributed by atoms with Crippen molar-refractivity contribution in [1.82, 2.24) is 0 Å². The molecule has 0 saturated carbocycles. The van der Waals surface area contributed by atoms with Gasteiger partial charge in [0, 0.05) is 21.7 Å². The molecule has 34 heavy (non-hydrogen) atoms. The van der Waals surface area contributed by atoms with E-state index in [4.69, 9.17) is 49.0 Å². The Kier molecular flexibility index (Phi) is 6.94. The lowest BCUT2D eigenvalue weighted by Crippen LogP contribution is -2.29. The Morgan fingerprint density at radius 3 is 2.35 bits per heavy atom. The summed E-state index contributed by atoms with van der Waals surface area (Å²) in [6, 6.07) is 13.3. The third-order valence-corrected chi connectivity index (χ3v) is 6.55. The molecule has 1 aliphatic heterocycles. The van der Waals surface area contributed by atoms with Crippen LogP contribution in [0.3, 0.4) is 0 Å². The Morgan fingerprint density at radius 1 is 0.912 bits per heavy atom. The minimum absolute atomic E-state index is 0.186. The Labute approximate surface area is 211 Å². The molecule has 1 unspecified atom stereocenters. The normalized spacial score (nSPS) is 14.7. The highest BCUT2D eigenvalue weighted by atomic mass is 35.5. The number of esters is 1. The molecule has 0 radical (unpaired) electrons. The minimum Gasteiger partial charge on any atom is -0.497 e. The average molecular weight is 521 g/mol. The summed E-state index contributed by atoms with van der Waals surface area (Å²) in [5.74, 6) is -0.420. The maximum Gasteiger partial charge on any atom is 0.337 e. The maximum absolute atomic E-state index is 13.8. The Morgan fingerprint density at radius 2 is 1.68 bits per heavy atom. The average Bonchev–Trinajstić information content (AvgIpc) is 3.10. The van der Waals surface area contributed by atoms with Crippen LogP contribution in [0.2, 0.25) is 15.1 Å². The van der Waals surface area contributed by atoms with Gasteiger partial charge in [0.15, 0.2) is 0 Å². The number of anilines is 1. The van der Waals surface area contributed by atoms with Crippen molar-refractivity contribution in [2.45, 2.75) is 12.5 Å². The van der Waals surface area contributed by atoms with Crippen molar-refractivity contribution in [3.8, 4) is 11.5 Å². The lowest BCUT2D eigenvalue weighted by atomic mass is 9.91. The largest absolute Gasteiger partial charge is 0.497 e. The number of amides is 1. The fourth-order valence-corrected chi connectivity index (χ4v) is 4.95. The zero-order valence-electron chi connectivity index (χ0n) is 18.5. The number of hydrogen-bond acceptors (Lipinski definition) is 5. The first-order chi connectivity index (χ1) is 16.3. The fraction of sp³-hybridized carbons (Fsp3) is 0.200. The first-order valence-electron chi connectivity index (χ1n) is 10.2. The van der Waals surface area contributed by atoms with Gasteiger partial charge in [0.1, 0.15) is 11.5 Å². The summed E-state index contributed by atoms with van der Waals surface area (Å²) in [7, 11) is 4.40. The molecule has 6 nitrogen and oxygen atoms in total. The summed E-state index contributed by atoms with van der Waals surface area (Å²) in [6.45, 7) is 0.186. The summed E-state index contributed by atoms with van der Waals surface area (Å²) >= 11 is 19.4. The van der Waals surface area contributed by atoms with Crippen LogP contribution >= 0.6 is 34.8 Å². The molecule has 1 aliphatic rings. The quantitative estimate of drug-likeness (QED) is 0.366. The van der Waals surface area contributed by atoms with Crippen LogP contribution in [-0.2, 0) is 16.1 Å². The predicted molar refractivity (Wildman–Crippen MR) is 132 cm³/mol. The van der Waals surface area contributed by atoms with E-state index >= 15 is 0 Å². The van der Waals surface area contributed by atoms with Gasteiger partial charge in [0.2, 0.25) is 5.91 Å². The van der Waals surface area contributed by atoms with E-state index in [9.17, 15) is 9.59 Å². The molecule has 4 rings (SSSR count). The van der Waals surface area contributed by atoms with E-state index in [1.165, 1.54) is 7.11 Å². The second kappa shape index (κ2) is 9.74. The SMILES string of the molecule is COC(=O)c1ccc(Cl)c(C2C(=O)N(Cc3ccc(OC)cc3OC)c3c(Cl)cc(Cl)cc32)c1. The topological polar surface area (TPSA) is 65.1 Å². The number of methoxy groups -OCH3 is 3. The molecular formula is C25H20Cl3NO5. The third-order valence-electron chi connectivity index (χ3n) is 5.70. The van der Waals surface area contributed by atoms with Gasteiger partial charge in [-0.3, -0.25) is 4.79 Å². The lowest BCUT2D eigenvalue weighted by Gasteiger charge is -2.21. The highest BCUT2D eigenvalue weighted by Gasteiger charge is 2.41. The number of fused-ring (bicyclic) bond motifs is 1. The van der Waals surface area contributed by atoms with Crippen LogP contribution in [-0.4, -0.2) is 33.2 Å². The summed E-state index contributed by atoms with van der Waals surface area (Å²) < 4.78 is 15.6. The molecule has 0 saturated heterocycles. The van der Waals surface area contributed by atoms with E-state index in [2.05, 4.69) is 0 Å². The molecule has 9 heteroatoms. The predicted octanol–water partition coefficient (Wildman–Crippen LogP) is 6.13. The van der Waals surface area contributed by atoms with E-state index in [-0.39, 0.29) is 18.0 Å². The van der Waals surface area contributed by atoms with Gasteiger partial charge in [0.25, 0.3) is 0 Å². The van der Waals surface area contributed by atoms with Crippen molar-refractivity contribution in [3.05, 3.63) is 85.9 Å². The van der Waals surface area contributed by atoms with Gasteiger partial charge >= 0.3 is 5.97 Å². The molecule has 0 N–H and O–H groups in total. The molecule has 3 aromatic carbocycles. The van der Waals surface area contributed by atoms with E-state index in [0.717, 1.165) is 5.56 Å². The summed E-state index contributed by atoms with van der Waals surface area (Å²) in [4.78, 5) is 27.5. The molecule has 1 atom stereocenters. The molecule has 0 aromatic heterocycles. The van der Waals surface area contributed by atoms with Crippen LogP contribution in [0.25, 0.3) is 0 Å². The number of carbonyl (C=O) groups is 2. The molecule has 0 spiro atoms. The first kappa shape index (κ1) is 24.2. The summed E-state index contributed by atoms with van der Waals surface area (Å²) in [5, 5.41) is 1.04. The number of carbonyl (C=O) groups excluding carboxylic acids is 2. The van der Waals surface area contributed by atoms with Crippen LogP contribution in [0.15, 0.2) is 48.5 Å². The first-order valence-corrected chi connectivity index (χ1v) is 11.3.